The summed E-state index contributed by atoms with van der Waals surface area (Å²) in [6.07, 6.45) is -0.301. The van der Waals surface area contributed by atoms with E-state index >= 15 is 0 Å². The number of hydrogen-bond donors (Lipinski definition) is 1. The molecule has 4 aromatic rings. The number of anilines is 1. The molecule has 0 bridgehead atoms. The van der Waals surface area contributed by atoms with Crippen LogP contribution in [0.5, 0.6) is 11.5 Å². The fourth-order valence-corrected chi connectivity index (χ4v) is 6.56. The first-order valence-electron chi connectivity index (χ1n) is 14.3. The van der Waals surface area contributed by atoms with Crippen LogP contribution in [-0.4, -0.2) is 33.4 Å². The van der Waals surface area contributed by atoms with Crippen molar-refractivity contribution in [3.63, 3.8) is 0 Å². The summed E-state index contributed by atoms with van der Waals surface area (Å²) >= 11 is 11.6. The van der Waals surface area contributed by atoms with Gasteiger partial charge in [-0.3, -0.25) is 0 Å². The van der Waals surface area contributed by atoms with E-state index in [0.29, 0.717) is 62.3 Å². The molecule has 1 unspecified atom stereocenters. The molecular weight excluding hydrogens is 664 g/mol. The van der Waals surface area contributed by atoms with Gasteiger partial charge >= 0.3 is 5.97 Å². The summed E-state index contributed by atoms with van der Waals surface area (Å²) in [4.78, 5) is 18.3. The molecule has 44 heavy (non-hydrogen) atoms. The van der Waals surface area contributed by atoms with Crippen molar-refractivity contribution in [3.05, 3.63) is 104 Å². The lowest BCUT2D eigenvalue weighted by Crippen LogP contribution is -2.30. The lowest BCUT2D eigenvalue weighted by Gasteiger charge is -2.29. The zero-order valence-corrected chi connectivity index (χ0v) is 28.3. The number of allylic oxidation sites excluding steroid dienone is 1. The SMILES string of the molecule is CCOc1cc(C2C(C(=O)OC(C)C)=C(C)Nc3nc(SCc4ccccc4Cl)nn32)cc(Br)c1OCc1ccccc1C. The van der Waals surface area contributed by atoms with E-state index in [9.17, 15) is 4.79 Å². The third-order valence-corrected chi connectivity index (χ3v) is 8.84. The Morgan fingerprint density at radius 2 is 1.82 bits per heavy atom. The van der Waals surface area contributed by atoms with E-state index in [-0.39, 0.29) is 6.10 Å². The molecule has 0 saturated carbocycles. The Kier molecular flexibility index (Phi) is 10.2. The standard InChI is InChI=1S/C33H34BrClN4O4S/c1-6-41-27-16-24(15-25(34)30(27)42-17-22-12-8-7-11-20(22)4)29-28(31(40)43-19(2)3)21(5)36-32-37-33(38-39(29)32)44-18-23-13-9-10-14-26(23)35/h7-16,19,29H,6,17-18H2,1-5H3,(H,36,37,38). The summed E-state index contributed by atoms with van der Waals surface area (Å²) in [7, 11) is 0. The van der Waals surface area contributed by atoms with Crippen molar-refractivity contribution in [2.45, 2.75) is 64.3 Å². The van der Waals surface area contributed by atoms with Crippen LogP contribution >= 0.6 is 39.3 Å². The number of benzene rings is 3. The monoisotopic (exact) mass is 696 g/mol. The van der Waals surface area contributed by atoms with Gasteiger partial charge < -0.3 is 19.5 Å². The Bertz CT molecular complexity index is 1710. The molecule has 230 valence electrons. The number of ether oxygens (including phenoxy) is 3. The second kappa shape index (κ2) is 14.1. The van der Waals surface area contributed by atoms with Gasteiger partial charge in [-0.25, -0.2) is 9.48 Å². The van der Waals surface area contributed by atoms with E-state index in [1.807, 2.05) is 82.3 Å². The van der Waals surface area contributed by atoms with Crippen LogP contribution in [0.2, 0.25) is 5.02 Å². The Hall–Kier alpha value is -3.47. The largest absolute Gasteiger partial charge is 0.490 e. The third kappa shape index (κ3) is 7.08. The smallest absolute Gasteiger partial charge is 0.338 e. The molecule has 0 radical (unpaired) electrons. The molecule has 3 aromatic carbocycles. The highest BCUT2D eigenvalue weighted by Gasteiger charge is 2.36. The second-order valence-electron chi connectivity index (χ2n) is 10.5. The first kappa shape index (κ1) is 31.9. The molecule has 0 fully saturated rings. The van der Waals surface area contributed by atoms with Crippen LogP contribution in [-0.2, 0) is 21.9 Å². The normalized spacial score (nSPS) is 14.3. The lowest BCUT2D eigenvalue weighted by molar-refractivity contribution is -0.143. The topological polar surface area (TPSA) is 87.5 Å². The molecule has 0 spiro atoms. The van der Waals surface area contributed by atoms with E-state index < -0.39 is 12.0 Å². The van der Waals surface area contributed by atoms with Gasteiger partial charge in [0.1, 0.15) is 12.6 Å². The molecule has 0 saturated heterocycles. The van der Waals surface area contributed by atoms with Crippen molar-refractivity contribution in [2.24, 2.45) is 0 Å². The Balaban J connectivity index is 1.54. The van der Waals surface area contributed by atoms with Crippen LogP contribution in [0, 0.1) is 6.92 Å². The maximum absolute atomic E-state index is 13.6. The predicted octanol–water partition coefficient (Wildman–Crippen LogP) is 8.51. The van der Waals surface area contributed by atoms with E-state index in [0.717, 1.165) is 22.3 Å². The number of nitrogens with one attached hydrogen (secondary N) is 1. The van der Waals surface area contributed by atoms with Gasteiger partial charge in [-0.15, -0.1) is 5.10 Å². The number of hydrogen-bond acceptors (Lipinski definition) is 8. The minimum absolute atomic E-state index is 0.301. The number of fused-ring (bicyclic) bond motifs is 1. The first-order chi connectivity index (χ1) is 21.2. The maximum atomic E-state index is 13.6. The van der Waals surface area contributed by atoms with Crippen LogP contribution in [0.25, 0.3) is 0 Å². The molecular formula is C33H34BrClN4O4S. The Morgan fingerprint density at radius 3 is 2.52 bits per heavy atom. The quantitative estimate of drug-likeness (QED) is 0.123. The van der Waals surface area contributed by atoms with Gasteiger partial charge in [-0.2, -0.15) is 4.98 Å². The van der Waals surface area contributed by atoms with Gasteiger partial charge in [0.15, 0.2) is 11.5 Å². The molecule has 2 heterocycles. The van der Waals surface area contributed by atoms with Crippen molar-refractivity contribution >= 4 is 51.2 Å². The summed E-state index contributed by atoms with van der Waals surface area (Å²) in [5.74, 6) is 1.80. The van der Waals surface area contributed by atoms with Gasteiger partial charge in [-0.05, 0) is 91.0 Å². The fourth-order valence-electron chi connectivity index (χ4n) is 4.87. The summed E-state index contributed by atoms with van der Waals surface area (Å²) in [6.45, 7) is 10.3. The second-order valence-corrected chi connectivity index (χ2v) is 12.7. The number of aromatic nitrogens is 3. The Labute approximate surface area is 275 Å². The molecule has 0 amide bonds. The molecule has 1 N–H and O–H groups in total. The van der Waals surface area contributed by atoms with Crippen LogP contribution in [0.15, 0.2) is 81.6 Å². The number of carbonyl (C=O) groups excluding carboxylic acids is 1. The van der Waals surface area contributed by atoms with Gasteiger partial charge in [0.05, 0.1) is 22.8 Å². The first-order valence-corrected chi connectivity index (χ1v) is 16.5. The summed E-state index contributed by atoms with van der Waals surface area (Å²) < 4.78 is 20.5. The molecule has 1 aliphatic rings. The van der Waals surface area contributed by atoms with Crippen molar-refractivity contribution < 1.29 is 19.0 Å². The number of carbonyl (C=O) groups is 1. The van der Waals surface area contributed by atoms with Crippen LogP contribution in [0.3, 0.4) is 0 Å². The number of aryl methyl sites for hydroxylation is 1. The van der Waals surface area contributed by atoms with Gasteiger partial charge in [-0.1, -0.05) is 65.8 Å². The molecule has 1 aromatic heterocycles. The zero-order chi connectivity index (χ0) is 31.4. The van der Waals surface area contributed by atoms with E-state index in [4.69, 9.17) is 35.9 Å². The minimum Gasteiger partial charge on any atom is -0.490 e. The third-order valence-electron chi connectivity index (χ3n) is 6.99. The number of rotatable bonds is 11. The minimum atomic E-state index is -0.638. The highest BCUT2D eigenvalue weighted by molar-refractivity contribution is 9.10. The molecule has 0 aliphatic carbocycles. The summed E-state index contributed by atoms with van der Waals surface area (Å²) in [5.41, 5.74) is 5.03. The van der Waals surface area contributed by atoms with Crippen LogP contribution in [0.4, 0.5) is 5.95 Å². The van der Waals surface area contributed by atoms with Gasteiger partial charge in [0.25, 0.3) is 0 Å². The van der Waals surface area contributed by atoms with Crippen LogP contribution in [0.1, 0.15) is 56.0 Å². The number of nitrogens with zero attached hydrogens (tertiary/aromatic N) is 3. The predicted molar refractivity (Wildman–Crippen MR) is 178 cm³/mol. The van der Waals surface area contributed by atoms with Gasteiger partial charge in [0, 0.05) is 16.5 Å². The summed E-state index contributed by atoms with van der Waals surface area (Å²) in [5, 5.41) is 9.35. The van der Waals surface area contributed by atoms with Crippen molar-refractivity contribution in [2.75, 3.05) is 11.9 Å². The number of thioether (sulfide) groups is 1. The number of halogens is 2. The van der Waals surface area contributed by atoms with Crippen molar-refractivity contribution in [1.82, 2.24) is 14.8 Å². The van der Waals surface area contributed by atoms with E-state index in [1.165, 1.54) is 11.8 Å². The Morgan fingerprint density at radius 1 is 1.09 bits per heavy atom. The summed E-state index contributed by atoms with van der Waals surface area (Å²) in [6, 6.07) is 19.0. The van der Waals surface area contributed by atoms with Crippen molar-refractivity contribution in [1.29, 1.82) is 0 Å². The van der Waals surface area contributed by atoms with Crippen LogP contribution < -0.4 is 14.8 Å². The van der Waals surface area contributed by atoms with E-state index in [2.05, 4.69) is 34.2 Å². The average molecular weight is 698 g/mol. The van der Waals surface area contributed by atoms with E-state index in [1.54, 1.807) is 4.68 Å². The average Bonchev–Trinajstić information content (AvgIpc) is 3.38. The molecule has 1 atom stereocenters. The number of esters is 1. The van der Waals surface area contributed by atoms with Gasteiger partial charge in [0.2, 0.25) is 11.1 Å². The molecule has 8 nitrogen and oxygen atoms in total. The molecule has 1 aliphatic heterocycles. The zero-order valence-electron chi connectivity index (χ0n) is 25.2. The van der Waals surface area contributed by atoms with Crippen molar-refractivity contribution in [3.8, 4) is 11.5 Å². The highest BCUT2D eigenvalue weighted by atomic mass is 79.9. The highest BCUT2D eigenvalue weighted by Crippen LogP contribution is 2.44. The molecule has 11 heteroatoms. The fraction of sp³-hybridized carbons (Fsp3) is 0.303. The lowest BCUT2D eigenvalue weighted by atomic mass is 9.95. The maximum Gasteiger partial charge on any atom is 0.338 e. The molecule has 5 rings (SSSR count).